The molecule has 0 aliphatic heterocycles. The molecule has 0 bridgehead atoms. The first-order chi connectivity index (χ1) is 9.95. The van der Waals surface area contributed by atoms with E-state index in [-0.39, 0.29) is 11.8 Å². The van der Waals surface area contributed by atoms with Crippen molar-refractivity contribution in [1.29, 1.82) is 0 Å². The molecular weight excluding hydrogens is 364 g/mol. The summed E-state index contributed by atoms with van der Waals surface area (Å²) in [5, 5.41) is 3.94. The molecule has 2 nitrogen and oxygen atoms in total. The summed E-state index contributed by atoms with van der Waals surface area (Å²) in [7, 11) is 0. The van der Waals surface area contributed by atoms with Gasteiger partial charge >= 0.3 is 6.61 Å². The Balaban J connectivity index is 2.09. The smallest absolute Gasteiger partial charge is 0.387 e. The van der Waals surface area contributed by atoms with Crippen LogP contribution < -0.4 is 10.1 Å². The van der Waals surface area contributed by atoms with E-state index in [9.17, 15) is 8.78 Å². The second-order valence-corrected chi connectivity index (χ2v) is 5.73. The highest BCUT2D eigenvalue weighted by Gasteiger charge is 2.09. The van der Waals surface area contributed by atoms with Crippen molar-refractivity contribution < 1.29 is 13.5 Å². The predicted octanol–water partition coefficient (Wildman–Crippen LogP) is 5.88. The molecule has 0 fully saturated rings. The van der Waals surface area contributed by atoms with Crippen molar-refractivity contribution in [3.8, 4) is 5.75 Å². The fraction of sp³-hybridized carbons (Fsp3) is 0.200. The summed E-state index contributed by atoms with van der Waals surface area (Å²) in [6, 6.07) is 12.0. The molecule has 1 atom stereocenters. The highest BCUT2D eigenvalue weighted by Crippen LogP contribution is 2.29. The van der Waals surface area contributed by atoms with Crippen molar-refractivity contribution >= 4 is 33.2 Å². The lowest BCUT2D eigenvalue weighted by molar-refractivity contribution is -0.0498. The van der Waals surface area contributed by atoms with E-state index < -0.39 is 6.61 Å². The van der Waals surface area contributed by atoms with Gasteiger partial charge < -0.3 is 10.1 Å². The number of nitrogens with one attached hydrogen (secondary N) is 1. The van der Waals surface area contributed by atoms with E-state index in [0.717, 1.165) is 15.7 Å². The first-order valence-electron chi connectivity index (χ1n) is 6.22. The molecule has 21 heavy (non-hydrogen) atoms. The molecule has 2 aromatic carbocycles. The minimum Gasteiger partial charge on any atom is -0.435 e. The van der Waals surface area contributed by atoms with Crippen molar-refractivity contribution in [3.63, 3.8) is 0 Å². The summed E-state index contributed by atoms with van der Waals surface area (Å²) in [5.41, 5.74) is 1.81. The molecule has 112 valence electrons. The van der Waals surface area contributed by atoms with Gasteiger partial charge in [0.25, 0.3) is 0 Å². The molecule has 6 heteroatoms. The molecule has 0 aromatic heterocycles. The second-order valence-electron chi connectivity index (χ2n) is 4.44. The SMILES string of the molecule is CC(Nc1cc(Cl)ccc1Br)c1ccc(OC(F)F)cc1. The quantitative estimate of drug-likeness (QED) is 0.704. The van der Waals surface area contributed by atoms with Crippen LogP contribution in [0.4, 0.5) is 14.5 Å². The number of hydrogen-bond donors (Lipinski definition) is 1. The van der Waals surface area contributed by atoms with Gasteiger partial charge in [-0.3, -0.25) is 0 Å². The molecule has 0 heterocycles. The number of alkyl halides is 2. The third-order valence-electron chi connectivity index (χ3n) is 2.91. The summed E-state index contributed by atoms with van der Waals surface area (Å²) < 4.78 is 29.4. The molecule has 1 unspecified atom stereocenters. The van der Waals surface area contributed by atoms with Gasteiger partial charge in [0.05, 0.1) is 5.69 Å². The van der Waals surface area contributed by atoms with Crippen LogP contribution in [0.2, 0.25) is 5.02 Å². The number of ether oxygens (including phenoxy) is 1. The molecule has 0 aliphatic carbocycles. The minimum absolute atomic E-state index is 0.0135. The molecule has 0 radical (unpaired) electrons. The zero-order chi connectivity index (χ0) is 15.4. The Kier molecular flexibility index (Phi) is 5.42. The lowest BCUT2D eigenvalue weighted by Crippen LogP contribution is -2.07. The Morgan fingerprint density at radius 3 is 2.43 bits per heavy atom. The van der Waals surface area contributed by atoms with E-state index in [1.165, 1.54) is 12.1 Å². The van der Waals surface area contributed by atoms with E-state index in [2.05, 4.69) is 26.0 Å². The molecule has 0 aliphatic rings. The summed E-state index contributed by atoms with van der Waals surface area (Å²) >= 11 is 9.41. The maximum absolute atomic E-state index is 12.1. The minimum atomic E-state index is -2.81. The van der Waals surface area contributed by atoms with Crippen molar-refractivity contribution in [1.82, 2.24) is 0 Å². The average molecular weight is 377 g/mol. The Hall–Kier alpha value is -1.33. The van der Waals surface area contributed by atoms with Crippen LogP contribution in [0.5, 0.6) is 5.75 Å². The summed E-state index contributed by atoms with van der Waals surface area (Å²) in [4.78, 5) is 0. The van der Waals surface area contributed by atoms with Crippen molar-refractivity contribution in [2.24, 2.45) is 0 Å². The lowest BCUT2D eigenvalue weighted by atomic mass is 10.1. The number of benzene rings is 2. The number of hydrogen-bond acceptors (Lipinski definition) is 2. The largest absolute Gasteiger partial charge is 0.435 e. The number of halogens is 4. The topological polar surface area (TPSA) is 21.3 Å². The van der Waals surface area contributed by atoms with E-state index >= 15 is 0 Å². The maximum Gasteiger partial charge on any atom is 0.387 e. The first kappa shape index (κ1) is 16.0. The lowest BCUT2D eigenvalue weighted by Gasteiger charge is -2.17. The van der Waals surface area contributed by atoms with Crippen LogP contribution in [0, 0.1) is 0 Å². The molecule has 0 amide bonds. The van der Waals surface area contributed by atoms with Gasteiger partial charge in [-0.05, 0) is 58.7 Å². The standard InChI is InChI=1S/C15H13BrClF2NO/c1-9(20-14-8-11(17)4-7-13(14)16)10-2-5-12(6-3-10)21-15(18)19/h2-9,15,20H,1H3. The highest BCUT2D eigenvalue weighted by molar-refractivity contribution is 9.10. The van der Waals surface area contributed by atoms with Gasteiger partial charge in [-0.15, -0.1) is 0 Å². The van der Waals surface area contributed by atoms with Gasteiger partial charge in [0, 0.05) is 15.5 Å². The summed E-state index contributed by atoms with van der Waals surface area (Å²) in [6.07, 6.45) is 0. The number of rotatable bonds is 5. The molecule has 2 rings (SSSR count). The average Bonchev–Trinajstić information content (AvgIpc) is 2.43. The van der Waals surface area contributed by atoms with Crippen LogP contribution in [0.15, 0.2) is 46.9 Å². The number of anilines is 1. The third kappa shape index (κ3) is 4.58. The molecule has 1 N–H and O–H groups in total. The predicted molar refractivity (Wildman–Crippen MR) is 84.3 cm³/mol. The van der Waals surface area contributed by atoms with Crippen LogP contribution in [0.1, 0.15) is 18.5 Å². The van der Waals surface area contributed by atoms with Crippen LogP contribution in [0.3, 0.4) is 0 Å². The van der Waals surface area contributed by atoms with Crippen LogP contribution in [-0.2, 0) is 0 Å². The molecule has 0 saturated heterocycles. The van der Waals surface area contributed by atoms with Gasteiger partial charge in [-0.25, -0.2) is 0 Å². The maximum atomic E-state index is 12.1. The van der Waals surface area contributed by atoms with Crippen molar-refractivity contribution in [2.75, 3.05) is 5.32 Å². The van der Waals surface area contributed by atoms with Crippen LogP contribution in [-0.4, -0.2) is 6.61 Å². The van der Waals surface area contributed by atoms with E-state index in [1.807, 2.05) is 19.1 Å². The fourth-order valence-electron chi connectivity index (χ4n) is 1.86. The normalized spacial score (nSPS) is 12.3. The first-order valence-corrected chi connectivity index (χ1v) is 7.39. The van der Waals surface area contributed by atoms with Crippen LogP contribution >= 0.6 is 27.5 Å². The van der Waals surface area contributed by atoms with Gasteiger partial charge in [0.15, 0.2) is 0 Å². The zero-order valence-corrected chi connectivity index (χ0v) is 13.5. The van der Waals surface area contributed by atoms with Crippen LogP contribution in [0.25, 0.3) is 0 Å². The van der Waals surface area contributed by atoms with Crippen molar-refractivity contribution in [2.45, 2.75) is 19.6 Å². The van der Waals surface area contributed by atoms with Gasteiger partial charge in [-0.2, -0.15) is 8.78 Å². The van der Waals surface area contributed by atoms with E-state index in [0.29, 0.717) is 5.02 Å². The molecule has 0 saturated carbocycles. The van der Waals surface area contributed by atoms with E-state index in [1.54, 1.807) is 18.2 Å². The monoisotopic (exact) mass is 375 g/mol. The Morgan fingerprint density at radius 1 is 1.14 bits per heavy atom. The van der Waals surface area contributed by atoms with Gasteiger partial charge in [-0.1, -0.05) is 23.7 Å². The highest BCUT2D eigenvalue weighted by atomic mass is 79.9. The van der Waals surface area contributed by atoms with Crippen molar-refractivity contribution in [3.05, 3.63) is 57.5 Å². The summed E-state index contributed by atoms with van der Waals surface area (Å²) in [5.74, 6) is 0.143. The molecule has 2 aromatic rings. The molecule has 0 spiro atoms. The third-order valence-corrected chi connectivity index (χ3v) is 3.83. The second kappa shape index (κ2) is 7.09. The Bertz CT molecular complexity index is 607. The fourth-order valence-corrected chi connectivity index (χ4v) is 2.40. The molecular formula is C15H13BrClF2NO. The Labute approximate surface area is 135 Å². The zero-order valence-electron chi connectivity index (χ0n) is 11.1. The van der Waals surface area contributed by atoms with Gasteiger partial charge in [0.2, 0.25) is 0 Å². The Morgan fingerprint density at radius 2 is 1.81 bits per heavy atom. The van der Waals surface area contributed by atoms with E-state index in [4.69, 9.17) is 11.6 Å². The van der Waals surface area contributed by atoms with Gasteiger partial charge in [0.1, 0.15) is 5.75 Å². The summed E-state index contributed by atoms with van der Waals surface area (Å²) in [6.45, 7) is -0.843.